The molecule has 4 aliphatic heterocycles. The fourth-order valence-corrected chi connectivity index (χ4v) is 9.51. The first-order chi connectivity index (χ1) is 32.1. The number of carbonyl (C=O) groups is 3. The fourth-order valence-electron chi connectivity index (χ4n) is 9.51. The minimum atomic E-state index is -4.64. The molecule has 0 radical (unpaired) electrons. The van der Waals surface area contributed by atoms with Crippen molar-refractivity contribution in [1.29, 1.82) is 0 Å². The maximum Gasteiger partial charge on any atom is 0.466 e. The highest BCUT2D eigenvalue weighted by Crippen LogP contribution is 2.38. The van der Waals surface area contributed by atoms with Gasteiger partial charge < -0.3 is 92.5 Å². The predicted molar refractivity (Wildman–Crippen MR) is 245 cm³/mol. The number of aldehydes is 1. The summed E-state index contributed by atoms with van der Waals surface area (Å²) in [5.74, 6) is -3.59. The number of esters is 1. The van der Waals surface area contributed by atoms with E-state index in [0.29, 0.717) is 12.0 Å². The van der Waals surface area contributed by atoms with E-state index in [-0.39, 0.29) is 31.7 Å². The Bertz CT molecular complexity index is 1720. The van der Waals surface area contributed by atoms with Crippen LogP contribution in [0.25, 0.3) is 0 Å². The van der Waals surface area contributed by atoms with E-state index in [1.807, 2.05) is 19.9 Å². The van der Waals surface area contributed by atoms with Crippen LogP contribution >= 0.6 is 7.82 Å². The summed E-state index contributed by atoms with van der Waals surface area (Å²) < 4.78 is 63.6. The van der Waals surface area contributed by atoms with E-state index >= 15 is 0 Å². The third-order valence-electron chi connectivity index (χ3n) is 13.4. The first kappa shape index (κ1) is 61.1. The molecular weight excluding hydrogens is 933 g/mol. The normalized spacial score (nSPS) is 43.5. The Morgan fingerprint density at radius 3 is 2.01 bits per heavy atom. The average Bonchev–Trinajstić information content (AvgIpc) is 3.25. The Kier molecular flexibility index (Phi) is 24.1. The molecule has 22 nitrogen and oxygen atoms in total. The Labute approximate surface area is 405 Å². The number of aliphatic hydroxyl groups is 5. The first-order valence-electron chi connectivity index (χ1n) is 23.5. The highest BCUT2D eigenvalue weighted by molar-refractivity contribution is 7.45. The number of ketones is 1. The second kappa shape index (κ2) is 27.2. The molecule has 0 aromatic carbocycles. The Morgan fingerprint density at radius 2 is 1.46 bits per heavy atom. The molecule has 4 rings (SSSR count). The van der Waals surface area contributed by atoms with Crippen LogP contribution in [0, 0.1) is 23.7 Å². The number of hydrogen-bond donors (Lipinski definition) is 8. The van der Waals surface area contributed by atoms with Crippen LogP contribution in [0.5, 0.6) is 0 Å². The highest BCUT2D eigenvalue weighted by Gasteiger charge is 2.52. The van der Waals surface area contributed by atoms with Gasteiger partial charge in [0.15, 0.2) is 24.7 Å². The van der Waals surface area contributed by atoms with Crippen LogP contribution in [-0.2, 0) is 61.6 Å². The van der Waals surface area contributed by atoms with Crippen molar-refractivity contribution in [2.75, 3.05) is 34.9 Å². The zero-order valence-corrected chi connectivity index (χ0v) is 42.8. The van der Waals surface area contributed by atoms with E-state index in [9.17, 15) is 39.9 Å². The van der Waals surface area contributed by atoms with E-state index < -0.39 is 148 Å². The van der Waals surface area contributed by atoms with Gasteiger partial charge in [-0.15, -0.1) is 0 Å². The SMILES string of the molecule is CCC1OC(=O)CC(O)C(C)C(OC2OC(C)C(OC3CC(C)(O)C(O)C(C)O3)C(N(C)C)C2O)C(CC=O)CC(C)C(=O)/C=C/C(C)=C/C1COC1OC(C)C(O)C(OC)C1OC.O=P(O)(O)O. The van der Waals surface area contributed by atoms with Gasteiger partial charge in [-0.25, -0.2) is 4.57 Å². The predicted octanol–water partition coefficient (Wildman–Crippen LogP) is 0.905. The molecule has 0 aliphatic carbocycles. The monoisotopic (exact) mass is 1010 g/mol. The van der Waals surface area contributed by atoms with Gasteiger partial charge in [-0.3, -0.25) is 9.59 Å². The van der Waals surface area contributed by atoms with Gasteiger partial charge in [0.05, 0.1) is 55.2 Å². The smallest absolute Gasteiger partial charge is 0.462 e. The quantitative estimate of drug-likeness (QED) is 0.0722. The summed E-state index contributed by atoms with van der Waals surface area (Å²) in [6, 6.07) is -0.748. The molecule has 4 heterocycles. The summed E-state index contributed by atoms with van der Waals surface area (Å²) in [5, 5.41) is 55.8. The lowest BCUT2D eigenvalue weighted by Gasteiger charge is -2.50. The summed E-state index contributed by atoms with van der Waals surface area (Å²) in [5.41, 5.74) is -0.806. The van der Waals surface area contributed by atoms with Crippen molar-refractivity contribution >= 4 is 25.9 Å². The number of phosphoric acid groups is 1. The molecule has 3 saturated heterocycles. The van der Waals surface area contributed by atoms with Gasteiger partial charge in [0.2, 0.25) is 0 Å². The van der Waals surface area contributed by atoms with Gasteiger partial charge in [-0.2, -0.15) is 0 Å². The number of hydrogen-bond acceptors (Lipinski definition) is 19. The third kappa shape index (κ3) is 17.5. The summed E-state index contributed by atoms with van der Waals surface area (Å²) in [4.78, 5) is 63.1. The molecule has 0 saturated carbocycles. The molecule has 4 aliphatic rings. The molecule has 69 heavy (non-hydrogen) atoms. The van der Waals surface area contributed by atoms with Crippen molar-refractivity contribution in [2.45, 2.75) is 191 Å². The second-order valence-corrected chi connectivity index (χ2v) is 20.3. The van der Waals surface area contributed by atoms with E-state index in [1.54, 1.807) is 59.7 Å². The highest BCUT2D eigenvalue weighted by atomic mass is 31.2. The van der Waals surface area contributed by atoms with Gasteiger partial charge in [0.25, 0.3) is 0 Å². The first-order valence-corrected chi connectivity index (χ1v) is 25.0. The van der Waals surface area contributed by atoms with E-state index in [2.05, 4.69) is 0 Å². The standard InChI is InChI=1S/C46H77NO17.H3O4P/c1-13-33-30(22-58-45-42(57-12)41(56-11)37(52)26(5)60-45)18-23(2)14-15-31(49)24(3)19-29(16-17-48)39(25(4)32(50)20-34(51)62-33)64-44-38(53)36(47(9)10)40(27(6)61-44)63-35-21-46(8,55)43(54)28(7)59-35;1-5(2,3)4/h14-15,17-18,24-30,32-33,35-45,50,52-55H,13,16,19-22H2,1-12H3;(H3,1,2,3,4)/b15-14+,23-18+;. The minimum absolute atomic E-state index is 0.00788. The minimum Gasteiger partial charge on any atom is -0.462 e. The van der Waals surface area contributed by atoms with Crippen molar-refractivity contribution in [3.05, 3.63) is 23.8 Å². The number of allylic oxidation sites excluding steroid dienone is 3. The van der Waals surface area contributed by atoms with Crippen molar-refractivity contribution < 1.29 is 102 Å². The van der Waals surface area contributed by atoms with E-state index in [4.69, 9.17) is 61.9 Å². The Balaban J connectivity index is 0.00000239. The van der Waals surface area contributed by atoms with Crippen LogP contribution < -0.4 is 0 Å². The third-order valence-corrected chi connectivity index (χ3v) is 13.4. The Hall–Kier alpha value is -2.16. The molecule has 0 aromatic heterocycles. The molecule has 400 valence electrons. The summed E-state index contributed by atoms with van der Waals surface area (Å²) >= 11 is 0. The van der Waals surface area contributed by atoms with Gasteiger partial charge >= 0.3 is 13.8 Å². The number of cyclic esters (lactones) is 1. The average molecular weight is 1010 g/mol. The van der Waals surface area contributed by atoms with Crippen molar-refractivity contribution in [2.24, 2.45) is 23.7 Å². The molecule has 3 fully saturated rings. The Morgan fingerprint density at radius 1 is 0.855 bits per heavy atom. The number of methoxy groups -OCH3 is 2. The lowest BCUT2D eigenvalue weighted by Crippen LogP contribution is -2.65. The van der Waals surface area contributed by atoms with Gasteiger partial charge in [-0.1, -0.05) is 38.5 Å². The maximum atomic E-state index is 13.8. The number of ether oxygens (including phenoxy) is 9. The maximum absolute atomic E-state index is 13.8. The fraction of sp³-hybridized carbons (Fsp3) is 0.848. The lowest BCUT2D eigenvalue weighted by atomic mass is 9.79. The zero-order valence-electron chi connectivity index (χ0n) is 41.9. The van der Waals surface area contributed by atoms with Crippen LogP contribution in [-0.4, -0.2) is 202 Å². The molecule has 0 amide bonds. The summed E-state index contributed by atoms with van der Waals surface area (Å²) in [6.45, 7) is 13.6. The number of aliphatic hydroxyl groups excluding tert-OH is 4. The summed E-state index contributed by atoms with van der Waals surface area (Å²) in [6.07, 6.45) is -8.49. The van der Waals surface area contributed by atoms with Crippen molar-refractivity contribution in [1.82, 2.24) is 4.90 Å². The summed E-state index contributed by atoms with van der Waals surface area (Å²) in [7, 11) is 1.79. The molecule has 0 aromatic rings. The molecule has 0 bridgehead atoms. The van der Waals surface area contributed by atoms with Crippen molar-refractivity contribution in [3.63, 3.8) is 0 Å². The van der Waals surface area contributed by atoms with Gasteiger partial charge in [-0.05, 0) is 73.5 Å². The second-order valence-electron chi connectivity index (χ2n) is 19.3. The van der Waals surface area contributed by atoms with Gasteiger partial charge in [0.1, 0.15) is 49.0 Å². The number of likely N-dealkylation sites (N-methyl/N-ethyl adjacent to an activating group) is 1. The number of nitrogens with zero attached hydrogens (tertiary/aromatic N) is 1. The molecular formula is C46H80NO21P. The van der Waals surface area contributed by atoms with Crippen LogP contribution in [0.15, 0.2) is 23.8 Å². The van der Waals surface area contributed by atoms with Crippen LogP contribution in [0.4, 0.5) is 0 Å². The molecule has 0 spiro atoms. The van der Waals surface area contributed by atoms with Gasteiger partial charge in [0, 0.05) is 44.8 Å². The van der Waals surface area contributed by atoms with E-state index in [0.717, 1.165) is 6.29 Å². The lowest BCUT2D eigenvalue weighted by molar-refractivity contribution is -0.341. The number of carbonyl (C=O) groups excluding carboxylic acids is 3. The topological polar surface area (TPSA) is 316 Å². The number of rotatable bonds is 13. The van der Waals surface area contributed by atoms with E-state index in [1.165, 1.54) is 27.2 Å². The molecule has 21 unspecified atom stereocenters. The van der Waals surface area contributed by atoms with Crippen LogP contribution in [0.3, 0.4) is 0 Å². The van der Waals surface area contributed by atoms with Crippen LogP contribution in [0.1, 0.15) is 87.5 Å². The molecule has 23 heteroatoms. The molecule has 8 N–H and O–H groups in total. The van der Waals surface area contributed by atoms with Crippen molar-refractivity contribution in [3.8, 4) is 0 Å². The largest absolute Gasteiger partial charge is 0.466 e. The zero-order chi connectivity index (χ0) is 52.3. The van der Waals surface area contributed by atoms with Crippen LogP contribution in [0.2, 0.25) is 0 Å². The molecule has 21 atom stereocenters.